The van der Waals surface area contributed by atoms with Crippen molar-refractivity contribution in [2.75, 3.05) is 0 Å². The van der Waals surface area contributed by atoms with Gasteiger partial charge in [-0.2, -0.15) is 17.5 Å². The number of hydrogen-bond donors (Lipinski definition) is 1. The largest absolute Gasteiger partial charge is 0.451 e. The van der Waals surface area contributed by atoms with Crippen molar-refractivity contribution in [3.63, 3.8) is 0 Å². The second kappa shape index (κ2) is 10.5. The van der Waals surface area contributed by atoms with Gasteiger partial charge in [-0.05, 0) is 61.7 Å². The Kier molecular flexibility index (Phi) is 7.33. The van der Waals surface area contributed by atoms with Crippen LogP contribution in [0.15, 0.2) is 53.7 Å². The summed E-state index contributed by atoms with van der Waals surface area (Å²) in [5, 5.41) is 2.62. The molecular formula is C26H24F5N5O3S. The van der Waals surface area contributed by atoms with Gasteiger partial charge in [0.2, 0.25) is 21.8 Å². The molecular weight excluding hydrogens is 557 g/mol. The Bertz CT molecular complexity index is 1510. The lowest BCUT2D eigenvalue weighted by Gasteiger charge is -2.26. The monoisotopic (exact) mass is 581 g/mol. The number of sulfonamides is 1. The topological polar surface area (TPSA) is 105 Å². The lowest BCUT2D eigenvalue weighted by Crippen LogP contribution is -2.48. The average molecular weight is 582 g/mol. The summed E-state index contributed by atoms with van der Waals surface area (Å²) in [5.41, 5.74) is 1.91. The van der Waals surface area contributed by atoms with Crippen molar-refractivity contribution < 1.29 is 35.2 Å². The van der Waals surface area contributed by atoms with E-state index in [0.717, 1.165) is 53.8 Å². The van der Waals surface area contributed by atoms with Crippen LogP contribution in [0.3, 0.4) is 0 Å². The van der Waals surface area contributed by atoms with Crippen LogP contribution in [0, 0.1) is 5.82 Å². The Morgan fingerprint density at radius 2 is 1.73 bits per heavy atom. The van der Waals surface area contributed by atoms with Crippen LogP contribution in [-0.4, -0.2) is 51.8 Å². The SMILES string of the molecule is CC1C(F)CC(C(=O)NCc2cc(-c3cnc(C(F)(F)F)nc3)cc(C3CC3)n2)N1S(=O)(=O)c1ccc(F)cc1. The summed E-state index contributed by atoms with van der Waals surface area (Å²) in [6.45, 7) is 1.22. The Morgan fingerprint density at radius 3 is 2.33 bits per heavy atom. The smallest absolute Gasteiger partial charge is 0.349 e. The number of halogens is 5. The molecule has 3 atom stereocenters. The third kappa shape index (κ3) is 5.68. The minimum Gasteiger partial charge on any atom is -0.349 e. The normalized spacial score (nSPS) is 21.9. The van der Waals surface area contributed by atoms with Crippen molar-refractivity contribution in [2.45, 2.75) is 68.0 Å². The fourth-order valence-corrected chi connectivity index (χ4v) is 6.48. The second-order valence-corrected chi connectivity index (χ2v) is 11.7. The van der Waals surface area contributed by atoms with Crippen LogP contribution in [0.2, 0.25) is 0 Å². The van der Waals surface area contributed by atoms with Crippen LogP contribution in [0.25, 0.3) is 11.1 Å². The summed E-state index contributed by atoms with van der Waals surface area (Å²) in [6, 6.07) is 4.86. The number of pyridine rings is 1. The highest BCUT2D eigenvalue weighted by Gasteiger charge is 2.49. The molecule has 8 nitrogen and oxygen atoms in total. The quantitative estimate of drug-likeness (QED) is 0.416. The molecule has 5 rings (SSSR count). The molecule has 1 saturated carbocycles. The van der Waals surface area contributed by atoms with Gasteiger partial charge in [0, 0.05) is 36.0 Å². The molecule has 2 fully saturated rings. The first-order chi connectivity index (χ1) is 18.8. The van der Waals surface area contributed by atoms with E-state index in [1.807, 2.05) is 0 Å². The summed E-state index contributed by atoms with van der Waals surface area (Å²) >= 11 is 0. The number of benzene rings is 1. The number of amides is 1. The minimum atomic E-state index is -4.68. The first kappa shape index (κ1) is 28.0. The van der Waals surface area contributed by atoms with E-state index >= 15 is 0 Å². The van der Waals surface area contributed by atoms with Gasteiger partial charge in [-0.15, -0.1) is 0 Å². The zero-order valence-electron chi connectivity index (χ0n) is 21.1. The van der Waals surface area contributed by atoms with E-state index in [2.05, 4.69) is 20.3 Å². The highest BCUT2D eigenvalue weighted by molar-refractivity contribution is 7.89. The maximum Gasteiger partial charge on any atom is 0.451 e. The summed E-state index contributed by atoms with van der Waals surface area (Å²) in [5.74, 6) is -2.48. The molecule has 212 valence electrons. The molecule has 1 aromatic carbocycles. The summed E-state index contributed by atoms with van der Waals surface area (Å²) in [6.07, 6.45) is -2.75. The van der Waals surface area contributed by atoms with Crippen LogP contribution in [0.5, 0.6) is 0 Å². The van der Waals surface area contributed by atoms with Crippen molar-refractivity contribution in [1.82, 2.24) is 24.6 Å². The maximum atomic E-state index is 14.7. The van der Waals surface area contributed by atoms with Gasteiger partial charge < -0.3 is 5.32 Å². The van der Waals surface area contributed by atoms with Crippen molar-refractivity contribution in [3.8, 4) is 11.1 Å². The Labute approximate surface area is 226 Å². The number of nitrogens with one attached hydrogen (secondary N) is 1. The number of carbonyl (C=O) groups excluding carboxylic acids is 1. The number of alkyl halides is 4. The van der Waals surface area contributed by atoms with E-state index < -0.39 is 52.0 Å². The Hall–Kier alpha value is -3.52. The van der Waals surface area contributed by atoms with E-state index in [4.69, 9.17) is 0 Å². The Balaban J connectivity index is 1.37. The third-order valence-electron chi connectivity index (χ3n) is 6.95. The average Bonchev–Trinajstić information content (AvgIpc) is 3.72. The van der Waals surface area contributed by atoms with Gasteiger partial charge in [-0.25, -0.2) is 27.2 Å². The summed E-state index contributed by atoms with van der Waals surface area (Å²) < 4.78 is 94.0. The van der Waals surface area contributed by atoms with Crippen LogP contribution in [0.4, 0.5) is 22.0 Å². The van der Waals surface area contributed by atoms with E-state index in [9.17, 15) is 35.2 Å². The minimum absolute atomic E-state index is 0.139. The van der Waals surface area contributed by atoms with Gasteiger partial charge in [-0.1, -0.05) is 0 Å². The van der Waals surface area contributed by atoms with Crippen molar-refractivity contribution in [3.05, 3.63) is 71.8 Å². The molecule has 1 amide bonds. The van der Waals surface area contributed by atoms with Crippen LogP contribution in [-0.2, 0) is 27.5 Å². The molecule has 3 unspecified atom stereocenters. The van der Waals surface area contributed by atoms with Gasteiger partial charge in [0.15, 0.2) is 0 Å². The molecule has 3 aromatic rings. The van der Waals surface area contributed by atoms with Gasteiger partial charge in [0.05, 0.1) is 23.2 Å². The van der Waals surface area contributed by atoms with E-state index in [1.54, 1.807) is 12.1 Å². The lowest BCUT2D eigenvalue weighted by molar-refractivity contribution is -0.145. The van der Waals surface area contributed by atoms with Gasteiger partial charge in [-0.3, -0.25) is 9.78 Å². The van der Waals surface area contributed by atoms with Crippen LogP contribution >= 0.6 is 0 Å². The highest BCUT2D eigenvalue weighted by atomic mass is 32.2. The van der Waals surface area contributed by atoms with Crippen molar-refractivity contribution >= 4 is 15.9 Å². The summed E-state index contributed by atoms with van der Waals surface area (Å²) in [7, 11) is -4.32. The molecule has 2 aromatic heterocycles. The van der Waals surface area contributed by atoms with Crippen molar-refractivity contribution in [2.24, 2.45) is 0 Å². The fourth-order valence-electron chi connectivity index (χ4n) is 4.67. The first-order valence-corrected chi connectivity index (χ1v) is 13.9. The predicted octanol–water partition coefficient (Wildman–Crippen LogP) is 4.38. The molecule has 40 heavy (non-hydrogen) atoms. The highest BCUT2D eigenvalue weighted by Crippen LogP contribution is 2.40. The zero-order valence-corrected chi connectivity index (χ0v) is 21.9. The Morgan fingerprint density at radius 1 is 1.07 bits per heavy atom. The standard InChI is InChI=1S/C26H24F5N5O3S/c1-14-21(28)10-23(36(14)40(38,39)20-6-4-18(27)5-7-20)24(37)32-13-19-8-16(9-22(35-19)15-2-3-15)17-11-33-25(34-12-17)26(29,30)31/h4-9,11-12,14-15,21,23H,2-3,10,13H2,1H3,(H,32,37). The lowest BCUT2D eigenvalue weighted by atomic mass is 10.1. The molecule has 0 spiro atoms. The van der Waals surface area contributed by atoms with Gasteiger partial charge in [0.1, 0.15) is 18.0 Å². The van der Waals surface area contributed by atoms with Crippen LogP contribution in [0.1, 0.15) is 49.3 Å². The van der Waals surface area contributed by atoms with E-state index in [0.29, 0.717) is 22.5 Å². The number of carbonyl (C=O) groups is 1. The summed E-state index contributed by atoms with van der Waals surface area (Å²) in [4.78, 5) is 24.3. The molecule has 0 bridgehead atoms. The molecule has 1 N–H and O–H groups in total. The molecule has 0 radical (unpaired) electrons. The number of aromatic nitrogens is 3. The van der Waals surface area contributed by atoms with E-state index in [-0.39, 0.29) is 23.8 Å². The second-order valence-electron chi connectivity index (χ2n) is 9.85. The molecule has 3 heterocycles. The third-order valence-corrected chi connectivity index (χ3v) is 8.96. The van der Waals surface area contributed by atoms with Crippen LogP contribution < -0.4 is 5.32 Å². The molecule has 14 heteroatoms. The number of hydrogen-bond acceptors (Lipinski definition) is 6. The fraction of sp³-hybridized carbons (Fsp3) is 0.385. The number of rotatable bonds is 7. The molecule has 1 aliphatic carbocycles. The molecule has 1 aliphatic heterocycles. The zero-order chi connectivity index (χ0) is 28.8. The van der Waals surface area contributed by atoms with Gasteiger partial charge >= 0.3 is 6.18 Å². The molecule has 1 saturated heterocycles. The van der Waals surface area contributed by atoms with Gasteiger partial charge in [0.25, 0.3) is 0 Å². The maximum absolute atomic E-state index is 14.7. The molecule has 2 aliphatic rings. The predicted molar refractivity (Wildman–Crippen MR) is 132 cm³/mol. The first-order valence-electron chi connectivity index (χ1n) is 12.5. The number of nitrogens with zero attached hydrogens (tertiary/aromatic N) is 4. The van der Waals surface area contributed by atoms with Crippen molar-refractivity contribution in [1.29, 1.82) is 0 Å². The van der Waals surface area contributed by atoms with E-state index in [1.165, 1.54) is 6.92 Å².